The second kappa shape index (κ2) is 4.86. The van der Waals surface area contributed by atoms with Crippen LogP contribution in [0.3, 0.4) is 0 Å². The number of nitriles is 1. The SMILES string of the molecule is CC1CCN(Cc2ccc(C#N)cc2Cl)C1. The summed E-state index contributed by atoms with van der Waals surface area (Å²) in [6.45, 7) is 5.48. The maximum absolute atomic E-state index is 8.75. The normalized spacial score (nSPS) is 20.9. The minimum Gasteiger partial charge on any atom is -0.299 e. The van der Waals surface area contributed by atoms with Crippen LogP contribution in [-0.2, 0) is 6.54 Å². The van der Waals surface area contributed by atoms with Gasteiger partial charge in [-0.15, -0.1) is 0 Å². The van der Waals surface area contributed by atoms with Crippen molar-refractivity contribution >= 4 is 11.6 Å². The molecule has 16 heavy (non-hydrogen) atoms. The Morgan fingerprint density at radius 3 is 2.94 bits per heavy atom. The van der Waals surface area contributed by atoms with Gasteiger partial charge in [0.1, 0.15) is 0 Å². The minimum atomic E-state index is 0.628. The van der Waals surface area contributed by atoms with Crippen LogP contribution in [0, 0.1) is 17.2 Å². The van der Waals surface area contributed by atoms with Gasteiger partial charge in [-0.2, -0.15) is 5.26 Å². The number of rotatable bonds is 2. The topological polar surface area (TPSA) is 27.0 Å². The van der Waals surface area contributed by atoms with Gasteiger partial charge in [0.25, 0.3) is 0 Å². The predicted molar refractivity (Wildman–Crippen MR) is 65.2 cm³/mol. The summed E-state index contributed by atoms with van der Waals surface area (Å²) in [5.41, 5.74) is 1.75. The van der Waals surface area contributed by atoms with Gasteiger partial charge in [0.15, 0.2) is 0 Å². The van der Waals surface area contributed by atoms with Gasteiger partial charge < -0.3 is 0 Å². The summed E-state index contributed by atoms with van der Waals surface area (Å²) in [6.07, 6.45) is 1.27. The molecule has 0 bridgehead atoms. The molecule has 1 saturated heterocycles. The number of nitrogens with zero attached hydrogens (tertiary/aromatic N) is 2. The molecule has 1 aliphatic heterocycles. The van der Waals surface area contributed by atoms with E-state index in [0.717, 1.165) is 31.1 Å². The second-order valence-electron chi connectivity index (χ2n) is 4.55. The van der Waals surface area contributed by atoms with Crippen LogP contribution in [0.5, 0.6) is 0 Å². The summed E-state index contributed by atoms with van der Waals surface area (Å²) in [5, 5.41) is 9.46. The van der Waals surface area contributed by atoms with Gasteiger partial charge in [-0.05, 0) is 36.6 Å². The predicted octanol–water partition coefficient (Wildman–Crippen LogP) is 3.05. The highest BCUT2D eigenvalue weighted by molar-refractivity contribution is 6.31. The number of benzene rings is 1. The van der Waals surface area contributed by atoms with Crippen LogP contribution >= 0.6 is 11.6 Å². The van der Waals surface area contributed by atoms with Crippen LogP contribution in [-0.4, -0.2) is 18.0 Å². The average Bonchev–Trinajstić information content (AvgIpc) is 2.67. The second-order valence-corrected chi connectivity index (χ2v) is 4.95. The van der Waals surface area contributed by atoms with Crippen molar-refractivity contribution < 1.29 is 0 Å². The number of likely N-dealkylation sites (tertiary alicyclic amines) is 1. The van der Waals surface area contributed by atoms with Gasteiger partial charge in [-0.25, -0.2) is 0 Å². The van der Waals surface area contributed by atoms with Crippen LogP contribution in [0.1, 0.15) is 24.5 Å². The molecule has 84 valence electrons. The average molecular weight is 235 g/mol. The van der Waals surface area contributed by atoms with E-state index in [9.17, 15) is 0 Å². The van der Waals surface area contributed by atoms with Crippen LogP contribution in [0.4, 0.5) is 0 Å². The Morgan fingerprint density at radius 2 is 2.38 bits per heavy atom. The fourth-order valence-electron chi connectivity index (χ4n) is 2.16. The summed E-state index contributed by atoms with van der Waals surface area (Å²) in [6, 6.07) is 7.64. The first-order chi connectivity index (χ1) is 7.69. The molecule has 0 N–H and O–H groups in total. The molecule has 1 heterocycles. The lowest BCUT2D eigenvalue weighted by Crippen LogP contribution is -2.19. The van der Waals surface area contributed by atoms with Crippen LogP contribution in [0.2, 0.25) is 5.02 Å². The maximum Gasteiger partial charge on any atom is 0.0992 e. The maximum atomic E-state index is 8.75. The Bertz CT molecular complexity index is 422. The minimum absolute atomic E-state index is 0.628. The summed E-state index contributed by atoms with van der Waals surface area (Å²) in [7, 11) is 0. The number of hydrogen-bond donors (Lipinski definition) is 0. The van der Waals surface area contributed by atoms with E-state index in [-0.39, 0.29) is 0 Å². The highest BCUT2D eigenvalue weighted by Gasteiger charge is 2.19. The molecule has 0 aromatic heterocycles. The van der Waals surface area contributed by atoms with E-state index in [2.05, 4.69) is 17.9 Å². The third kappa shape index (κ3) is 2.55. The summed E-state index contributed by atoms with van der Waals surface area (Å²) in [5.74, 6) is 0.789. The van der Waals surface area contributed by atoms with Gasteiger partial charge >= 0.3 is 0 Å². The fraction of sp³-hybridized carbons (Fsp3) is 0.462. The standard InChI is InChI=1S/C13H15ClN2/c1-10-4-5-16(8-10)9-12-3-2-11(7-15)6-13(12)14/h2-3,6,10H,4-5,8-9H2,1H3. The van der Waals surface area contributed by atoms with Crippen molar-refractivity contribution in [3.05, 3.63) is 34.3 Å². The molecule has 2 rings (SSSR count). The molecule has 2 nitrogen and oxygen atoms in total. The number of halogens is 1. The quantitative estimate of drug-likeness (QED) is 0.787. The van der Waals surface area contributed by atoms with Crippen molar-refractivity contribution in [3.8, 4) is 6.07 Å². The lowest BCUT2D eigenvalue weighted by atomic mass is 10.1. The van der Waals surface area contributed by atoms with Crippen molar-refractivity contribution in [1.82, 2.24) is 4.90 Å². The van der Waals surface area contributed by atoms with Crippen molar-refractivity contribution in [2.24, 2.45) is 5.92 Å². The van der Waals surface area contributed by atoms with Crippen LogP contribution in [0.15, 0.2) is 18.2 Å². The largest absolute Gasteiger partial charge is 0.299 e. The molecule has 0 amide bonds. The first-order valence-corrected chi connectivity index (χ1v) is 5.97. The molecule has 1 aromatic rings. The summed E-state index contributed by atoms with van der Waals surface area (Å²) >= 11 is 6.15. The summed E-state index contributed by atoms with van der Waals surface area (Å²) < 4.78 is 0. The van der Waals surface area contributed by atoms with E-state index in [4.69, 9.17) is 16.9 Å². The van der Waals surface area contributed by atoms with Crippen LogP contribution < -0.4 is 0 Å². The molecule has 0 saturated carbocycles. The molecule has 1 unspecified atom stereocenters. The highest BCUT2D eigenvalue weighted by Crippen LogP contribution is 2.23. The Hall–Kier alpha value is -1.04. The molecule has 1 aromatic carbocycles. The molecule has 1 aliphatic rings. The van der Waals surface area contributed by atoms with E-state index >= 15 is 0 Å². The van der Waals surface area contributed by atoms with Crippen molar-refractivity contribution in [2.75, 3.05) is 13.1 Å². The first kappa shape index (κ1) is 11.4. The highest BCUT2D eigenvalue weighted by atomic mass is 35.5. The van der Waals surface area contributed by atoms with E-state index in [1.807, 2.05) is 12.1 Å². The molecule has 0 aliphatic carbocycles. The third-order valence-corrected chi connectivity index (χ3v) is 3.44. The monoisotopic (exact) mass is 234 g/mol. The van der Waals surface area contributed by atoms with Crippen LogP contribution in [0.25, 0.3) is 0 Å². The van der Waals surface area contributed by atoms with E-state index in [1.54, 1.807) is 6.07 Å². The zero-order valence-electron chi connectivity index (χ0n) is 9.41. The van der Waals surface area contributed by atoms with Gasteiger partial charge in [0.05, 0.1) is 11.6 Å². The zero-order valence-corrected chi connectivity index (χ0v) is 10.2. The Morgan fingerprint density at radius 1 is 1.56 bits per heavy atom. The van der Waals surface area contributed by atoms with Gasteiger partial charge in [-0.3, -0.25) is 4.90 Å². The lowest BCUT2D eigenvalue weighted by Gasteiger charge is -2.16. The van der Waals surface area contributed by atoms with Gasteiger partial charge in [0.2, 0.25) is 0 Å². The molecular weight excluding hydrogens is 220 g/mol. The molecule has 3 heteroatoms. The van der Waals surface area contributed by atoms with E-state index in [0.29, 0.717) is 10.6 Å². The summed E-state index contributed by atoms with van der Waals surface area (Å²) in [4.78, 5) is 2.41. The third-order valence-electron chi connectivity index (χ3n) is 3.08. The van der Waals surface area contributed by atoms with Crippen molar-refractivity contribution in [2.45, 2.75) is 19.9 Å². The Balaban J connectivity index is 2.08. The number of hydrogen-bond acceptors (Lipinski definition) is 2. The zero-order chi connectivity index (χ0) is 11.5. The molecular formula is C13H15ClN2. The van der Waals surface area contributed by atoms with Crippen molar-refractivity contribution in [1.29, 1.82) is 5.26 Å². The molecule has 1 atom stereocenters. The Kier molecular flexibility index (Phi) is 3.48. The molecule has 0 spiro atoms. The van der Waals surface area contributed by atoms with E-state index < -0.39 is 0 Å². The smallest absolute Gasteiger partial charge is 0.0992 e. The van der Waals surface area contributed by atoms with Gasteiger partial charge in [-0.1, -0.05) is 24.6 Å². The Labute approximate surface area is 101 Å². The molecule has 0 radical (unpaired) electrons. The first-order valence-electron chi connectivity index (χ1n) is 5.60. The van der Waals surface area contributed by atoms with Gasteiger partial charge in [0, 0.05) is 18.1 Å². The fourth-order valence-corrected chi connectivity index (χ4v) is 2.40. The molecule has 1 fully saturated rings. The van der Waals surface area contributed by atoms with Crippen molar-refractivity contribution in [3.63, 3.8) is 0 Å². The van der Waals surface area contributed by atoms with E-state index in [1.165, 1.54) is 6.42 Å². The lowest BCUT2D eigenvalue weighted by molar-refractivity contribution is 0.320.